The van der Waals surface area contributed by atoms with Crippen molar-refractivity contribution >= 4 is 20.6 Å². The number of hydrogen-bond donors (Lipinski definition) is 1. The van der Waals surface area contributed by atoms with Crippen molar-refractivity contribution in [2.24, 2.45) is 0 Å². The molecule has 0 aliphatic carbocycles. The Morgan fingerprint density at radius 3 is 2.80 bits per heavy atom. The van der Waals surface area contributed by atoms with Crippen LogP contribution in [-0.2, 0) is 0 Å². The topological polar surface area (TPSA) is 56.6 Å². The van der Waals surface area contributed by atoms with Gasteiger partial charge in [0, 0.05) is 0 Å². The van der Waals surface area contributed by atoms with Crippen molar-refractivity contribution in [3.63, 3.8) is 0 Å². The molecular weight excluding hydrogens is 195 g/mol. The fourth-order valence-corrected chi connectivity index (χ4v) is 0.993. The van der Waals surface area contributed by atoms with Gasteiger partial charge in [0.15, 0.2) is 0 Å². The molecule has 10 heavy (non-hydrogen) atoms. The molecule has 0 saturated heterocycles. The van der Waals surface area contributed by atoms with Crippen molar-refractivity contribution in [3.05, 3.63) is 28.0 Å². The summed E-state index contributed by atoms with van der Waals surface area (Å²) < 4.78 is 0.495. The molecule has 1 radical (unpaired) electrons. The molecule has 1 aromatic rings. The summed E-state index contributed by atoms with van der Waals surface area (Å²) in [7, 11) is 0. The Kier molecular flexibility index (Phi) is 1.91. The normalized spacial score (nSPS) is 8.70. The van der Waals surface area contributed by atoms with Gasteiger partial charge in [-0.05, 0) is 0 Å². The van der Waals surface area contributed by atoms with E-state index in [2.05, 4.69) is 21.0 Å². The summed E-state index contributed by atoms with van der Waals surface area (Å²) in [5.74, 6) is 0. The van der Waals surface area contributed by atoms with E-state index in [1.165, 1.54) is 12.1 Å². The van der Waals surface area contributed by atoms with Crippen LogP contribution in [0.5, 0.6) is 0 Å². The van der Waals surface area contributed by atoms with E-state index in [0.717, 1.165) is 0 Å². The first-order valence-electron chi connectivity index (χ1n) is 2.54. The molecule has 49 valence electrons. The minimum absolute atomic E-state index is 0.201. The van der Waals surface area contributed by atoms with Gasteiger partial charge in [-0.25, -0.2) is 0 Å². The van der Waals surface area contributed by atoms with E-state index in [4.69, 9.17) is 5.26 Å². The molecule has 4 heteroatoms. The summed E-state index contributed by atoms with van der Waals surface area (Å²) in [5.41, 5.74) is 0.257. The molecule has 0 unspecified atom stereocenters. The zero-order chi connectivity index (χ0) is 7.56. The standard InChI is InChI=1S/C6H3N2OSe/c7-3-4-1-2-5(9)8-6(4)10/h1-2H,(H,8,9). The van der Waals surface area contributed by atoms with Gasteiger partial charge in [0.25, 0.3) is 0 Å². The quantitative estimate of drug-likeness (QED) is 0.546. The predicted octanol–water partition coefficient (Wildman–Crippen LogP) is -0.960. The first-order chi connectivity index (χ1) is 4.74. The van der Waals surface area contributed by atoms with Crippen LogP contribution >= 0.6 is 0 Å². The third-order valence-corrected chi connectivity index (χ3v) is 1.68. The van der Waals surface area contributed by atoms with E-state index >= 15 is 0 Å². The molecular formula is C6H3N2OSe. The second-order valence-electron chi connectivity index (χ2n) is 1.68. The molecule has 1 heterocycles. The van der Waals surface area contributed by atoms with Gasteiger partial charge in [-0.1, -0.05) is 0 Å². The summed E-state index contributed by atoms with van der Waals surface area (Å²) in [6.07, 6.45) is 0. The fraction of sp³-hybridized carbons (Fsp3) is 0. The van der Waals surface area contributed by atoms with E-state index in [1.807, 2.05) is 6.07 Å². The van der Waals surface area contributed by atoms with Gasteiger partial charge < -0.3 is 0 Å². The van der Waals surface area contributed by atoms with Gasteiger partial charge in [0.2, 0.25) is 0 Å². The maximum atomic E-state index is 10.6. The van der Waals surface area contributed by atoms with Gasteiger partial charge in [0.1, 0.15) is 0 Å². The molecule has 0 aliphatic rings. The number of H-pyrrole nitrogens is 1. The molecule has 0 aliphatic heterocycles. The van der Waals surface area contributed by atoms with Crippen molar-refractivity contribution < 1.29 is 0 Å². The summed E-state index contributed by atoms with van der Waals surface area (Å²) >= 11 is 2.58. The summed E-state index contributed by atoms with van der Waals surface area (Å²) in [4.78, 5) is 13.0. The predicted molar refractivity (Wildman–Crippen MR) is 37.2 cm³/mol. The number of nitriles is 1. The molecule has 1 aromatic heterocycles. The zero-order valence-corrected chi connectivity index (χ0v) is 6.63. The Balaban J connectivity index is 3.37. The second kappa shape index (κ2) is 2.70. The molecule has 0 saturated carbocycles. The number of aromatic amines is 1. The van der Waals surface area contributed by atoms with Crippen LogP contribution in [0.15, 0.2) is 16.9 Å². The second-order valence-corrected chi connectivity index (χ2v) is 2.53. The number of aromatic nitrogens is 1. The fourth-order valence-electron chi connectivity index (χ4n) is 0.544. The van der Waals surface area contributed by atoms with Crippen LogP contribution < -0.4 is 10.2 Å². The van der Waals surface area contributed by atoms with Crippen LogP contribution in [0, 0.1) is 11.3 Å². The van der Waals surface area contributed by atoms with E-state index in [1.54, 1.807) is 0 Å². The van der Waals surface area contributed by atoms with Gasteiger partial charge in [-0.2, -0.15) is 0 Å². The number of nitrogens with zero attached hydrogens (tertiary/aromatic N) is 1. The molecule has 0 bridgehead atoms. The number of pyridine rings is 1. The summed E-state index contributed by atoms with van der Waals surface area (Å²) in [6, 6.07) is 4.72. The number of hydrogen-bond acceptors (Lipinski definition) is 2. The van der Waals surface area contributed by atoms with Gasteiger partial charge in [0.05, 0.1) is 0 Å². The average Bonchev–Trinajstić information content (AvgIpc) is 1.88. The Morgan fingerprint density at radius 1 is 1.60 bits per heavy atom. The number of nitrogens with one attached hydrogen (secondary N) is 1. The Hall–Kier alpha value is -1.04. The van der Waals surface area contributed by atoms with Crippen LogP contribution in [0.1, 0.15) is 5.56 Å². The van der Waals surface area contributed by atoms with Crippen molar-refractivity contribution in [3.8, 4) is 6.07 Å². The number of rotatable bonds is 0. The molecule has 0 amide bonds. The van der Waals surface area contributed by atoms with Gasteiger partial charge in [-0.3, -0.25) is 0 Å². The first-order valence-corrected chi connectivity index (χ1v) is 3.40. The minimum atomic E-state index is -0.201. The van der Waals surface area contributed by atoms with Crippen LogP contribution in [0.3, 0.4) is 0 Å². The van der Waals surface area contributed by atoms with Crippen LogP contribution in [-0.4, -0.2) is 21.0 Å². The van der Waals surface area contributed by atoms with E-state index in [0.29, 0.717) is 10.2 Å². The van der Waals surface area contributed by atoms with Crippen molar-refractivity contribution in [1.29, 1.82) is 5.26 Å². The Labute approximate surface area is 65.5 Å². The first kappa shape index (κ1) is 7.07. The SMILES string of the molecule is N#Cc1ccc(=O)[nH]c1[Se]. The van der Waals surface area contributed by atoms with E-state index in [-0.39, 0.29) is 5.56 Å². The third-order valence-electron chi connectivity index (χ3n) is 1.00. The van der Waals surface area contributed by atoms with E-state index < -0.39 is 0 Å². The monoisotopic (exact) mass is 199 g/mol. The molecule has 0 atom stereocenters. The molecule has 1 N–H and O–H groups in total. The summed E-state index contributed by atoms with van der Waals surface area (Å²) in [5, 5.41) is 8.42. The van der Waals surface area contributed by atoms with Gasteiger partial charge >= 0.3 is 65.0 Å². The maximum absolute atomic E-state index is 10.6. The Bertz CT molecular complexity index is 336. The van der Waals surface area contributed by atoms with Crippen molar-refractivity contribution in [2.75, 3.05) is 0 Å². The average molecular weight is 198 g/mol. The molecule has 0 fully saturated rings. The van der Waals surface area contributed by atoms with Crippen LogP contribution in [0.4, 0.5) is 0 Å². The molecule has 3 nitrogen and oxygen atoms in total. The molecule has 0 spiro atoms. The van der Waals surface area contributed by atoms with Crippen molar-refractivity contribution in [2.45, 2.75) is 0 Å². The summed E-state index contributed by atoms with van der Waals surface area (Å²) in [6.45, 7) is 0. The van der Waals surface area contributed by atoms with E-state index in [9.17, 15) is 4.79 Å². The molecule has 0 aromatic carbocycles. The van der Waals surface area contributed by atoms with Crippen LogP contribution in [0.25, 0.3) is 0 Å². The van der Waals surface area contributed by atoms with Gasteiger partial charge in [-0.15, -0.1) is 0 Å². The zero-order valence-electron chi connectivity index (χ0n) is 4.92. The van der Waals surface area contributed by atoms with Crippen molar-refractivity contribution in [1.82, 2.24) is 4.98 Å². The third kappa shape index (κ3) is 1.27. The van der Waals surface area contributed by atoms with Crippen LogP contribution in [0.2, 0.25) is 0 Å². The molecule has 1 rings (SSSR count). The Morgan fingerprint density at radius 2 is 2.30 bits per heavy atom.